The molecule has 2 aromatic carbocycles. The second kappa shape index (κ2) is 8.57. The highest BCUT2D eigenvalue weighted by Crippen LogP contribution is 2.40. The van der Waals surface area contributed by atoms with Gasteiger partial charge in [0.05, 0.1) is 29.4 Å². The number of alkyl halides is 3. The molecule has 0 spiro atoms. The van der Waals surface area contributed by atoms with Crippen molar-refractivity contribution in [2.24, 2.45) is 0 Å². The first kappa shape index (κ1) is 22.9. The van der Waals surface area contributed by atoms with Crippen LogP contribution in [0, 0.1) is 0 Å². The minimum Gasteiger partial charge on any atom is -0.361 e. The molecule has 174 valence electrons. The largest absolute Gasteiger partial charge is 0.416 e. The molecule has 33 heavy (non-hydrogen) atoms. The summed E-state index contributed by atoms with van der Waals surface area (Å²) in [6.07, 6.45) is -1.81. The predicted molar refractivity (Wildman–Crippen MR) is 121 cm³/mol. The summed E-state index contributed by atoms with van der Waals surface area (Å²) in [5.41, 5.74) is 0.653. The number of nitrogens with one attached hydrogen (secondary N) is 2. The van der Waals surface area contributed by atoms with Crippen LogP contribution >= 0.6 is 0 Å². The van der Waals surface area contributed by atoms with Gasteiger partial charge < -0.3 is 10.6 Å². The molecule has 1 aliphatic rings. The van der Waals surface area contributed by atoms with Gasteiger partial charge in [0.2, 0.25) is 0 Å². The molecule has 2 heterocycles. The number of hydrogen-bond acceptors (Lipinski definition) is 3. The van der Waals surface area contributed by atoms with Gasteiger partial charge in [-0.3, -0.25) is 4.79 Å². The third kappa shape index (κ3) is 4.10. The highest BCUT2D eigenvalue weighted by atomic mass is 19.4. The minimum absolute atomic E-state index is 0.0148. The minimum atomic E-state index is -4.40. The highest BCUT2D eigenvalue weighted by molar-refractivity contribution is 5.99. The number of hydrogen-bond donors (Lipinski definition) is 2. The Morgan fingerprint density at radius 2 is 1.64 bits per heavy atom. The van der Waals surface area contributed by atoms with Gasteiger partial charge in [-0.15, -0.1) is 0 Å². The van der Waals surface area contributed by atoms with Crippen molar-refractivity contribution >= 4 is 11.7 Å². The van der Waals surface area contributed by atoms with Gasteiger partial charge in [-0.2, -0.15) is 18.3 Å². The Balaban J connectivity index is 1.60. The van der Waals surface area contributed by atoms with Crippen LogP contribution in [0.25, 0.3) is 0 Å². The van der Waals surface area contributed by atoms with Crippen LogP contribution in [0.4, 0.5) is 19.0 Å². The lowest BCUT2D eigenvalue weighted by Crippen LogP contribution is -2.45. The van der Waals surface area contributed by atoms with Gasteiger partial charge in [0.25, 0.3) is 5.91 Å². The topological polar surface area (TPSA) is 59.0 Å². The van der Waals surface area contributed by atoms with Gasteiger partial charge >= 0.3 is 6.18 Å². The molecule has 1 aromatic heterocycles. The van der Waals surface area contributed by atoms with E-state index < -0.39 is 17.3 Å². The molecule has 0 saturated carbocycles. The number of amides is 1. The van der Waals surface area contributed by atoms with Crippen molar-refractivity contribution in [3.63, 3.8) is 0 Å². The summed E-state index contributed by atoms with van der Waals surface area (Å²) in [5.74, 6) is 0.329. The fourth-order valence-electron chi connectivity index (χ4n) is 4.58. The summed E-state index contributed by atoms with van der Waals surface area (Å²) < 4.78 is 40.8. The van der Waals surface area contributed by atoms with Crippen molar-refractivity contribution in [1.29, 1.82) is 0 Å². The standard InChI is InChI=1S/C25H27F3N4O/c1-4-24(5-2,18-11-13-19(14-12-18)25(26,27)28)31-23(33)20-15-29-32-16(3)21(30-22(20)32)17-9-7-6-8-10-17/h6-16,21,30H,4-5H2,1-3H3,(H,31,33). The normalized spacial score (nSPS) is 18.0. The Morgan fingerprint density at radius 1 is 1.03 bits per heavy atom. The van der Waals surface area contributed by atoms with Crippen molar-refractivity contribution in [1.82, 2.24) is 15.1 Å². The molecule has 1 aliphatic heterocycles. The summed E-state index contributed by atoms with van der Waals surface area (Å²) in [7, 11) is 0. The van der Waals surface area contributed by atoms with Crippen LogP contribution in [0.15, 0.2) is 60.8 Å². The first-order valence-corrected chi connectivity index (χ1v) is 11.1. The van der Waals surface area contributed by atoms with Crippen LogP contribution in [-0.4, -0.2) is 15.7 Å². The maximum Gasteiger partial charge on any atom is 0.416 e. The predicted octanol–water partition coefficient (Wildman–Crippen LogP) is 6.08. The number of nitrogens with zero attached hydrogens (tertiary/aromatic N) is 2. The maximum atomic E-state index is 13.4. The van der Waals surface area contributed by atoms with E-state index in [1.165, 1.54) is 18.3 Å². The highest BCUT2D eigenvalue weighted by Gasteiger charge is 2.37. The fraction of sp³-hybridized carbons (Fsp3) is 0.360. The quantitative estimate of drug-likeness (QED) is 0.473. The number of rotatable bonds is 6. The van der Waals surface area contributed by atoms with Crippen molar-refractivity contribution in [2.45, 2.75) is 57.4 Å². The van der Waals surface area contributed by atoms with E-state index in [0.717, 1.165) is 17.7 Å². The Bertz CT molecular complexity index is 1120. The van der Waals surface area contributed by atoms with Crippen molar-refractivity contribution in [2.75, 3.05) is 5.32 Å². The van der Waals surface area contributed by atoms with Crippen molar-refractivity contribution in [3.05, 3.63) is 83.0 Å². The first-order valence-electron chi connectivity index (χ1n) is 11.1. The van der Waals surface area contributed by atoms with Crippen molar-refractivity contribution in [3.8, 4) is 0 Å². The Morgan fingerprint density at radius 3 is 2.21 bits per heavy atom. The molecule has 2 atom stereocenters. The Kier molecular flexibility index (Phi) is 5.95. The maximum absolute atomic E-state index is 13.4. The molecule has 4 rings (SSSR count). The van der Waals surface area contributed by atoms with E-state index >= 15 is 0 Å². The van der Waals surface area contributed by atoms with Crippen LogP contribution in [-0.2, 0) is 11.7 Å². The van der Waals surface area contributed by atoms with Gasteiger partial charge in [0, 0.05) is 0 Å². The van der Waals surface area contributed by atoms with Crippen LogP contribution in [0.3, 0.4) is 0 Å². The van der Waals surface area contributed by atoms with Crippen molar-refractivity contribution < 1.29 is 18.0 Å². The molecular weight excluding hydrogens is 429 g/mol. The van der Waals surface area contributed by atoms with Crippen LogP contribution < -0.4 is 10.6 Å². The van der Waals surface area contributed by atoms with E-state index in [4.69, 9.17) is 0 Å². The molecule has 2 N–H and O–H groups in total. The molecule has 2 unspecified atom stereocenters. The van der Waals surface area contributed by atoms with Gasteiger partial charge in [0.1, 0.15) is 11.4 Å². The monoisotopic (exact) mass is 456 g/mol. The zero-order chi connectivity index (χ0) is 23.8. The van der Waals surface area contributed by atoms with E-state index in [-0.39, 0.29) is 18.0 Å². The van der Waals surface area contributed by atoms with Gasteiger partial charge in [0.15, 0.2) is 0 Å². The lowest BCUT2D eigenvalue weighted by molar-refractivity contribution is -0.137. The number of carbonyl (C=O) groups is 1. The van der Waals surface area contributed by atoms with E-state index in [1.807, 2.05) is 55.8 Å². The Hall–Kier alpha value is -3.29. The number of benzene rings is 2. The molecule has 1 amide bonds. The molecule has 0 radical (unpaired) electrons. The molecule has 8 heteroatoms. The van der Waals surface area contributed by atoms with Gasteiger partial charge in [-0.05, 0) is 43.0 Å². The molecule has 0 fully saturated rings. The molecular formula is C25H27F3N4O. The SMILES string of the molecule is CCC(CC)(NC(=O)c1cnn2c1NC(c1ccccc1)C2C)c1ccc(C(F)(F)F)cc1. The first-order chi connectivity index (χ1) is 15.7. The average Bonchev–Trinajstić information content (AvgIpc) is 3.38. The zero-order valence-electron chi connectivity index (χ0n) is 18.8. The van der Waals surface area contributed by atoms with E-state index in [1.54, 1.807) is 0 Å². The molecule has 0 saturated heterocycles. The summed E-state index contributed by atoms with van der Waals surface area (Å²) in [6, 6.07) is 15.0. The molecule has 0 bridgehead atoms. The third-order valence-corrected chi connectivity index (χ3v) is 6.68. The average molecular weight is 457 g/mol. The van der Waals surface area contributed by atoms with E-state index in [2.05, 4.69) is 15.7 Å². The third-order valence-electron chi connectivity index (χ3n) is 6.68. The number of fused-ring (bicyclic) bond motifs is 1. The number of anilines is 1. The molecule has 5 nitrogen and oxygen atoms in total. The summed E-state index contributed by atoms with van der Waals surface area (Å²) in [5, 5.41) is 11.0. The van der Waals surface area contributed by atoms with Crippen LogP contribution in [0.1, 0.15) is 72.7 Å². The van der Waals surface area contributed by atoms with Crippen LogP contribution in [0.2, 0.25) is 0 Å². The lowest BCUT2D eigenvalue weighted by Gasteiger charge is -2.34. The Labute approximate surface area is 191 Å². The number of carbonyl (C=O) groups excluding carboxylic acids is 1. The number of halogens is 3. The summed E-state index contributed by atoms with van der Waals surface area (Å²) in [6.45, 7) is 5.87. The van der Waals surface area contributed by atoms with Gasteiger partial charge in [-0.25, -0.2) is 4.68 Å². The van der Waals surface area contributed by atoms with Crippen LogP contribution in [0.5, 0.6) is 0 Å². The number of aromatic nitrogens is 2. The van der Waals surface area contributed by atoms with E-state index in [9.17, 15) is 18.0 Å². The smallest absolute Gasteiger partial charge is 0.361 e. The van der Waals surface area contributed by atoms with Gasteiger partial charge in [-0.1, -0.05) is 56.3 Å². The fourth-order valence-corrected chi connectivity index (χ4v) is 4.58. The summed E-state index contributed by atoms with van der Waals surface area (Å²) in [4.78, 5) is 13.4. The second-order valence-corrected chi connectivity index (χ2v) is 8.44. The molecule has 0 aliphatic carbocycles. The summed E-state index contributed by atoms with van der Waals surface area (Å²) >= 11 is 0. The molecule has 3 aromatic rings. The second-order valence-electron chi connectivity index (χ2n) is 8.44. The van der Waals surface area contributed by atoms with E-state index in [0.29, 0.717) is 29.8 Å². The zero-order valence-corrected chi connectivity index (χ0v) is 18.8. The lowest BCUT2D eigenvalue weighted by atomic mass is 9.84.